The molecule has 0 aliphatic heterocycles. The molecule has 4 nitrogen and oxygen atoms in total. The Hall–Kier alpha value is -1.30. The number of ether oxygens (including phenoxy) is 1. The number of carbonyl (C=O) groups is 1. The average Bonchev–Trinajstić information content (AvgIpc) is 2.99. The molecular weight excluding hydrogens is 408 g/mol. The fourth-order valence-corrected chi connectivity index (χ4v) is 6.21. The smallest absolute Gasteiger partial charge is 0.316 e. The van der Waals surface area contributed by atoms with Crippen LogP contribution in [-0.2, 0) is 9.53 Å². The second kappa shape index (κ2) is 9.68. The van der Waals surface area contributed by atoms with Gasteiger partial charge in [0.15, 0.2) is 0 Å². The number of allylic oxidation sites excluding steroid dienone is 4. The highest BCUT2D eigenvalue weighted by Gasteiger charge is 2.44. The summed E-state index contributed by atoms with van der Waals surface area (Å²) in [6.07, 6.45) is 10.9. The van der Waals surface area contributed by atoms with Crippen LogP contribution >= 0.6 is 11.8 Å². The molecule has 172 valence electrons. The lowest BCUT2D eigenvalue weighted by Crippen LogP contribution is -2.31. The summed E-state index contributed by atoms with van der Waals surface area (Å²) < 4.78 is 5.43. The van der Waals surface area contributed by atoms with E-state index in [-0.39, 0.29) is 11.4 Å². The Kier molecular flexibility index (Phi) is 7.60. The molecule has 0 aromatic carbocycles. The summed E-state index contributed by atoms with van der Waals surface area (Å²) in [6.45, 7) is 12.1. The zero-order valence-corrected chi connectivity index (χ0v) is 20.3. The van der Waals surface area contributed by atoms with E-state index in [0.717, 1.165) is 36.2 Å². The van der Waals surface area contributed by atoms with Gasteiger partial charge in [-0.3, -0.25) is 4.79 Å². The summed E-state index contributed by atoms with van der Waals surface area (Å²) in [5.74, 6) is 1.60. The highest BCUT2D eigenvalue weighted by molar-refractivity contribution is 8.00. The second-order valence-electron chi connectivity index (χ2n) is 10.4. The van der Waals surface area contributed by atoms with Crippen LogP contribution in [0.2, 0.25) is 0 Å². The molecule has 3 aliphatic carbocycles. The zero-order chi connectivity index (χ0) is 22.8. The quantitative estimate of drug-likeness (QED) is 0.453. The number of aliphatic hydroxyl groups is 2. The summed E-state index contributed by atoms with van der Waals surface area (Å²) in [7, 11) is 0. The molecule has 0 amide bonds. The van der Waals surface area contributed by atoms with E-state index in [1.165, 1.54) is 17.6 Å². The van der Waals surface area contributed by atoms with Crippen molar-refractivity contribution in [2.75, 3.05) is 11.5 Å². The number of esters is 1. The summed E-state index contributed by atoms with van der Waals surface area (Å²) in [5, 5.41) is 20.1. The Balaban J connectivity index is 1.64. The fourth-order valence-electron chi connectivity index (χ4n) is 5.21. The van der Waals surface area contributed by atoms with Crippen LogP contribution in [0.4, 0.5) is 0 Å². The number of fused-ring (bicyclic) bond motifs is 1. The van der Waals surface area contributed by atoms with Gasteiger partial charge in [-0.15, -0.1) is 11.8 Å². The minimum Gasteiger partial charge on any atom is -0.459 e. The van der Waals surface area contributed by atoms with Gasteiger partial charge in [0.2, 0.25) is 0 Å². The van der Waals surface area contributed by atoms with Gasteiger partial charge in [0.05, 0.1) is 18.0 Å². The minimum atomic E-state index is -0.647. The maximum atomic E-state index is 12.0. The van der Waals surface area contributed by atoms with E-state index in [1.54, 1.807) is 11.8 Å². The minimum absolute atomic E-state index is 0.145. The van der Waals surface area contributed by atoms with E-state index in [0.29, 0.717) is 24.5 Å². The molecule has 0 heterocycles. The molecule has 0 radical (unpaired) electrons. The predicted molar refractivity (Wildman–Crippen MR) is 128 cm³/mol. The van der Waals surface area contributed by atoms with E-state index in [4.69, 9.17) is 4.74 Å². The molecule has 0 spiro atoms. The van der Waals surface area contributed by atoms with E-state index in [9.17, 15) is 15.0 Å². The van der Waals surface area contributed by atoms with Gasteiger partial charge < -0.3 is 14.9 Å². The van der Waals surface area contributed by atoms with Crippen molar-refractivity contribution >= 4 is 17.7 Å². The summed E-state index contributed by atoms with van der Waals surface area (Å²) >= 11 is 1.65. The molecular formula is C26H38O4S. The zero-order valence-electron chi connectivity index (χ0n) is 19.4. The normalized spacial score (nSPS) is 34.1. The average molecular weight is 447 g/mol. The Labute approximate surface area is 191 Å². The first-order valence-electron chi connectivity index (χ1n) is 11.4. The number of hydrogen-bond acceptors (Lipinski definition) is 5. The van der Waals surface area contributed by atoms with Crippen molar-refractivity contribution in [1.82, 2.24) is 0 Å². The first kappa shape index (κ1) is 24.3. The molecule has 0 saturated heterocycles. The van der Waals surface area contributed by atoms with E-state index in [1.807, 2.05) is 20.8 Å². The number of carbonyl (C=O) groups excluding carboxylic acids is 1. The van der Waals surface area contributed by atoms with Gasteiger partial charge in [-0.2, -0.15) is 0 Å². The molecule has 2 fully saturated rings. The van der Waals surface area contributed by atoms with Gasteiger partial charge in [-0.05, 0) is 75.4 Å². The molecule has 0 aromatic rings. The topological polar surface area (TPSA) is 66.8 Å². The molecule has 2 saturated carbocycles. The second-order valence-corrected chi connectivity index (χ2v) is 11.4. The molecule has 2 N–H and O–H groups in total. The first-order valence-corrected chi connectivity index (χ1v) is 12.6. The standard InChI is InChI=1S/C26H38O4S/c1-17-19(13-21(27)14-23(17)28)9-8-18-7-6-12-26(5)20(10-11-22(18)26)15-31-16-24(29)30-25(2,3)4/h8-10,21-23,27-28H,1,6-7,11-16H2,2-5H3/t21-,22+,23+,26-/m1/s1. The maximum absolute atomic E-state index is 12.0. The third kappa shape index (κ3) is 5.94. The van der Waals surface area contributed by atoms with Crippen molar-refractivity contribution in [3.63, 3.8) is 0 Å². The SMILES string of the molecule is C=C1C(=CC=C2CCC[C@]3(C)C(CSCC(=O)OC(C)(C)C)=CC[C@@H]23)C[C@@H](O)C[C@@H]1O. The van der Waals surface area contributed by atoms with Crippen LogP contribution in [0.15, 0.2) is 47.1 Å². The molecule has 0 aromatic heterocycles. The Morgan fingerprint density at radius 3 is 2.81 bits per heavy atom. The molecule has 3 aliphatic rings. The summed E-state index contributed by atoms with van der Waals surface area (Å²) in [5.41, 5.74) is 4.32. The molecule has 4 atom stereocenters. The highest BCUT2D eigenvalue weighted by atomic mass is 32.2. The van der Waals surface area contributed by atoms with Crippen LogP contribution in [0.3, 0.4) is 0 Å². The lowest BCUT2D eigenvalue weighted by Gasteiger charge is -2.41. The highest BCUT2D eigenvalue weighted by Crippen LogP contribution is 2.55. The van der Waals surface area contributed by atoms with Gasteiger partial charge in [0, 0.05) is 12.2 Å². The van der Waals surface area contributed by atoms with Gasteiger partial charge in [0.1, 0.15) is 5.60 Å². The van der Waals surface area contributed by atoms with Crippen molar-refractivity contribution in [3.05, 3.63) is 47.1 Å². The largest absolute Gasteiger partial charge is 0.459 e. The summed E-state index contributed by atoms with van der Waals surface area (Å²) in [6, 6.07) is 0. The van der Waals surface area contributed by atoms with Crippen LogP contribution in [0.1, 0.15) is 66.2 Å². The van der Waals surface area contributed by atoms with Gasteiger partial charge in [-0.25, -0.2) is 0 Å². The Morgan fingerprint density at radius 2 is 2.10 bits per heavy atom. The number of thioether (sulfide) groups is 1. The molecule has 31 heavy (non-hydrogen) atoms. The molecule has 3 rings (SSSR count). The third-order valence-electron chi connectivity index (χ3n) is 6.87. The number of aliphatic hydroxyl groups excluding tert-OH is 2. The summed E-state index contributed by atoms with van der Waals surface area (Å²) in [4.78, 5) is 12.0. The number of rotatable bonds is 5. The van der Waals surface area contributed by atoms with Gasteiger partial charge in [0.25, 0.3) is 0 Å². The Bertz CT molecular complexity index is 801. The van der Waals surface area contributed by atoms with Gasteiger partial charge >= 0.3 is 5.97 Å². The van der Waals surface area contributed by atoms with Crippen molar-refractivity contribution < 1.29 is 19.7 Å². The molecule has 0 unspecified atom stereocenters. The third-order valence-corrected chi connectivity index (χ3v) is 7.83. The van der Waals surface area contributed by atoms with Crippen molar-refractivity contribution in [2.45, 2.75) is 84.0 Å². The van der Waals surface area contributed by atoms with Gasteiger partial charge in [-0.1, -0.05) is 42.9 Å². The van der Waals surface area contributed by atoms with Crippen LogP contribution in [-0.4, -0.2) is 45.5 Å². The molecule has 5 heteroatoms. The van der Waals surface area contributed by atoms with Crippen LogP contribution < -0.4 is 0 Å². The van der Waals surface area contributed by atoms with E-state index in [2.05, 4.69) is 31.7 Å². The first-order chi connectivity index (χ1) is 14.5. The lowest BCUT2D eigenvalue weighted by molar-refractivity contribution is -0.151. The lowest BCUT2D eigenvalue weighted by atomic mass is 9.64. The monoisotopic (exact) mass is 446 g/mol. The van der Waals surface area contributed by atoms with Crippen LogP contribution in [0.25, 0.3) is 0 Å². The fraction of sp³-hybridized carbons (Fsp3) is 0.654. The maximum Gasteiger partial charge on any atom is 0.316 e. The van der Waals surface area contributed by atoms with Crippen LogP contribution in [0, 0.1) is 11.3 Å². The molecule has 0 bridgehead atoms. The van der Waals surface area contributed by atoms with Crippen molar-refractivity contribution in [2.24, 2.45) is 11.3 Å². The predicted octanol–water partition coefficient (Wildman–Crippen LogP) is 5.12. The van der Waals surface area contributed by atoms with Crippen molar-refractivity contribution in [1.29, 1.82) is 0 Å². The van der Waals surface area contributed by atoms with E-state index < -0.39 is 17.8 Å². The Morgan fingerprint density at radius 1 is 1.35 bits per heavy atom. The van der Waals surface area contributed by atoms with E-state index >= 15 is 0 Å². The van der Waals surface area contributed by atoms with Crippen LogP contribution in [0.5, 0.6) is 0 Å². The van der Waals surface area contributed by atoms with Crippen molar-refractivity contribution in [3.8, 4) is 0 Å². The number of hydrogen-bond donors (Lipinski definition) is 2.